The summed E-state index contributed by atoms with van der Waals surface area (Å²) in [5, 5.41) is 2.81. The number of hydrogen-bond acceptors (Lipinski definition) is 4. The van der Waals surface area contributed by atoms with Crippen LogP contribution in [0.1, 0.15) is 41.4 Å². The van der Waals surface area contributed by atoms with E-state index < -0.39 is 5.41 Å². The summed E-state index contributed by atoms with van der Waals surface area (Å²) in [5.41, 5.74) is 3.32. The van der Waals surface area contributed by atoms with Gasteiger partial charge in [-0.2, -0.15) is 0 Å². The minimum absolute atomic E-state index is 0.00444. The molecule has 1 aromatic carbocycles. The highest BCUT2D eigenvalue weighted by Crippen LogP contribution is 2.53. The molecule has 5 rings (SSSR count). The second kappa shape index (κ2) is 8.58. The van der Waals surface area contributed by atoms with Crippen LogP contribution in [-0.2, 0) is 4.79 Å². The molecular weight excluding hydrogens is 443 g/mol. The number of nitrogens with zero attached hydrogens (tertiary/aromatic N) is 3. The van der Waals surface area contributed by atoms with Gasteiger partial charge in [0.25, 0.3) is 5.91 Å². The normalized spacial score (nSPS) is 20.4. The minimum Gasteiger partial charge on any atom is -0.322 e. The Kier molecular flexibility index (Phi) is 5.55. The van der Waals surface area contributed by atoms with Crippen molar-refractivity contribution in [2.24, 2.45) is 11.3 Å². The first-order valence-electron chi connectivity index (χ1n) is 11.4. The number of aryl methyl sites for hydroxylation is 1. The van der Waals surface area contributed by atoms with E-state index in [2.05, 4.69) is 21.4 Å². The van der Waals surface area contributed by atoms with Crippen molar-refractivity contribution in [1.82, 2.24) is 9.97 Å². The molecule has 3 aromatic rings. The first kappa shape index (κ1) is 22.7. The third-order valence-corrected chi connectivity index (χ3v) is 6.80. The Bertz CT molecular complexity index is 1360. The fraction of sp³-hybridized carbons (Fsp3) is 0.214. The van der Waals surface area contributed by atoms with Crippen molar-refractivity contribution in [2.75, 3.05) is 10.2 Å². The lowest BCUT2D eigenvalue weighted by Gasteiger charge is -2.32. The average Bonchev–Trinajstić information content (AvgIpc) is 3.06. The number of halogens is 1. The summed E-state index contributed by atoms with van der Waals surface area (Å²) in [6.07, 6.45) is 11.1. The van der Waals surface area contributed by atoms with Crippen LogP contribution in [0.15, 0.2) is 85.0 Å². The molecule has 0 radical (unpaired) electrons. The van der Waals surface area contributed by atoms with Crippen LogP contribution in [0.3, 0.4) is 0 Å². The van der Waals surface area contributed by atoms with Crippen molar-refractivity contribution in [3.05, 3.63) is 108 Å². The monoisotopic (exact) mass is 468 g/mol. The molecule has 1 aliphatic heterocycles. The molecule has 1 aliphatic carbocycles. The predicted molar refractivity (Wildman–Crippen MR) is 132 cm³/mol. The molecule has 7 heteroatoms. The fourth-order valence-electron chi connectivity index (χ4n) is 4.99. The summed E-state index contributed by atoms with van der Waals surface area (Å²) < 4.78 is 13.2. The standard InChI is InChI=1S/C28H25FN4O2/c1-17-23(26(34)32-20-11-9-19(29)10-12-20)14-18(15-31-17)22-7-4-8-24-25(22)28(2,3)27(35)33(24)21-6-5-13-30-16-21/h4-16,22,25H,1-3H3,(H,32,34). The van der Waals surface area contributed by atoms with E-state index in [4.69, 9.17) is 0 Å². The minimum atomic E-state index is -0.682. The fourth-order valence-corrected chi connectivity index (χ4v) is 4.99. The van der Waals surface area contributed by atoms with Crippen molar-refractivity contribution < 1.29 is 14.0 Å². The van der Waals surface area contributed by atoms with Gasteiger partial charge in [0.15, 0.2) is 0 Å². The van der Waals surface area contributed by atoms with Crippen LogP contribution in [-0.4, -0.2) is 21.8 Å². The van der Waals surface area contributed by atoms with Gasteiger partial charge in [0.1, 0.15) is 5.82 Å². The van der Waals surface area contributed by atoms with Crippen LogP contribution in [0.4, 0.5) is 15.8 Å². The summed E-state index contributed by atoms with van der Waals surface area (Å²) in [6, 6.07) is 11.2. The molecular formula is C28H25FN4O2. The Balaban J connectivity index is 1.49. The second-order valence-electron chi connectivity index (χ2n) is 9.42. The van der Waals surface area contributed by atoms with Gasteiger partial charge in [-0.25, -0.2) is 4.39 Å². The maximum atomic E-state index is 13.6. The Morgan fingerprint density at radius 2 is 1.91 bits per heavy atom. The van der Waals surface area contributed by atoms with E-state index in [1.54, 1.807) is 30.4 Å². The van der Waals surface area contributed by atoms with Gasteiger partial charge in [-0.15, -0.1) is 0 Å². The van der Waals surface area contributed by atoms with E-state index in [9.17, 15) is 14.0 Å². The van der Waals surface area contributed by atoms with Gasteiger partial charge in [-0.1, -0.05) is 26.0 Å². The van der Waals surface area contributed by atoms with Crippen LogP contribution in [0.2, 0.25) is 0 Å². The molecule has 0 saturated carbocycles. The zero-order valence-corrected chi connectivity index (χ0v) is 19.7. The Morgan fingerprint density at radius 1 is 1.14 bits per heavy atom. The molecule has 1 N–H and O–H groups in total. The quantitative estimate of drug-likeness (QED) is 0.556. The third kappa shape index (κ3) is 3.93. The molecule has 2 aromatic heterocycles. The number of carbonyl (C=O) groups excluding carboxylic acids is 2. The zero-order chi connectivity index (χ0) is 24.7. The predicted octanol–water partition coefficient (Wildman–Crippen LogP) is 5.40. The molecule has 1 fully saturated rings. The van der Waals surface area contributed by atoms with Crippen LogP contribution in [0, 0.1) is 24.1 Å². The lowest BCUT2D eigenvalue weighted by atomic mass is 9.69. The highest BCUT2D eigenvalue weighted by atomic mass is 19.1. The van der Waals surface area contributed by atoms with E-state index in [-0.39, 0.29) is 29.5 Å². The van der Waals surface area contributed by atoms with Crippen molar-refractivity contribution in [1.29, 1.82) is 0 Å². The number of nitrogens with one attached hydrogen (secondary N) is 1. The average molecular weight is 469 g/mol. The highest BCUT2D eigenvalue weighted by molar-refractivity contribution is 6.05. The molecule has 1 saturated heterocycles. The van der Waals surface area contributed by atoms with Crippen LogP contribution in [0.25, 0.3) is 0 Å². The number of benzene rings is 1. The van der Waals surface area contributed by atoms with Crippen molar-refractivity contribution in [3.63, 3.8) is 0 Å². The molecule has 2 amide bonds. The largest absolute Gasteiger partial charge is 0.322 e. The van der Waals surface area contributed by atoms with Gasteiger partial charge in [0.05, 0.1) is 22.9 Å². The highest BCUT2D eigenvalue weighted by Gasteiger charge is 2.54. The van der Waals surface area contributed by atoms with Crippen LogP contribution in [0.5, 0.6) is 0 Å². The van der Waals surface area contributed by atoms with E-state index in [1.165, 1.54) is 24.3 Å². The van der Waals surface area contributed by atoms with Crippen molar-refractivity contribution >= 4 is 23.2 Å². The van der Waals surface area contributed by atoms with Gasteiger partial charge in [0.2, 0.25) is 5.91 Å². The summed E-state index contributed by atoms with van der Waals surface area (Å²) in [6.45, 7) is 5.69. The summed E-state index contributed by atoms with van der Waals surface area (Å²) in [4.78, 5) is 37.1. The van der Waals surface area contributed by atoms with E-state index in [0.29, 0.717) is 16.9 Å². The SMILES string of the molecule is Cc1ncc(C2C=CC=C3C2C(C)(C)C(=O)N3c2cccnc2)cc1C(=O)Nc1ccc(F)cc1. The first-order valence-corrected chi connectivity index (χ1v) is 11.4. The number of pyridine rings is 2. The van der Waals surface area contributed by atoms with Crippen LogP contribution < -0.4 is 10.2 Å². The van der Waals surface area contributed by atoms with Gasteiger partial charge >= 0.3 is 0 Å². The van der Waals surface area contributed by atoms with E-state index in [0.717, 1.165) is 16.9 Å². The molecule has 176 valence electrons. The number of allylic oxidation sites excluding steroid dienone is 4. The van der Waals surface area contributed by atoms with Gasteiger partial charge in [-0.05, 0) is 61.0 Å². The number of aromatic nitrogens is 2. The summed E-state index contributed by atoms with van der Waals surface area (Å²) in [7, 11) is 0. The first-order chi connectivity index (χ1) is 16.8. The molecule has 0 bridgehead atoms. The van der Waals surface area contributed by atoms with E-state index >= 15 is 0 Å². The molecule has 0 spiro atoms. The Morgan fingerprint density at radius 3 is 2.63 bits per heavy atom. The molecule has 2 aliphatic rings. The Labute approximate surface area is 203 Å². The number of amides is 2. The zero-order valence-electron chi connectivity index (χ0n) is 19.7. The molecule has 3 heterocycles. The smallest absolute Gasteiger partial charge is 0.257 e. The van der Waals surface area contributed by atoms with Gasteiger partial charge < -0.3 is 5.32 Å². The maximum Gasteiger partial charge on any atom is 0.257 e. The molecule has 35 heavy (non-hydrogen) atoms. The van der Waals surface area contributed by atoms with Crippen molar-refractivity contribution in [2.45, 2.75) is 26.7 Å². The third-order valence-electron chi connectivity index (χ3n) is 6.80. The number of fused-ring (bicyclic) bond motifs is 1. The van der Waals surface area contributed by atoms with Gasteiger partial charge in [-0.3, -0.25) is 24.5 Å². The van der Waals surface area contributed by atoms with Gasteiger partial charge in [0, 0.05) is 41.3 Å². The maximum absolute atomic E-state index is 13.6. The topological polar surface area (TPSA) is 75.2 Å². The van der Waals surface area contributed by atoms with Crippen LogP contribution >= 0.6 is 0 Å². The summed E-state index contributed by atoms with van der Waals surface area (Å²) >= 11 is 0. The number of carbonyl (C=O) groups is 2. The number of rotatable bonds is 4. The molecule has 2 atom stereocenters. The van der Waals surface area contributed by atoms with Crippen molar-refractivity contribution in [3.8, 4) is 0 Å². The number of hydrogen-bond donors (Lipinski definition) is 1. The molecule has 2 unspecified atom stereocenters. The van der Waals surface area contributed by atoms with E-state index in [1.807, 2.05) is 44.2 Å². The number of anilines is 2. The summed E-state index contributed by atoms with van der Waals surface area (Å²) in [5.74, 6) is -0.980. The second-order valence-corrected chi connectivity index (χ2v) is 9.42. The lowest BCUT2D eigenvalue weighted by molar-refractivity contribution is -0.125. The Hall–Kier alpha value is -4.13. The lowest BCUT2D eigenvalue weighted by Crippen LogP contribution is -2.32. The molecule has 6 nitrogen and oxygen atoms in total.